The van der Waals surface area contributed by atoms with E-state index in [9.17, 15) is 0 Å². The summed E-state index contributed by atoms with van der Waals surface area (Å²) in [4.78, 5) is 4.14. The van der Waals surface area contributed by atoms with Gasteiger partial charge in [0.05, 0.1) is 0 Å². The first-order valence-corrected chi connectivity index (χ1v) is 4.54. The van der Waals surface area contributed by atoms with Crippen molar-refractivity contribution in [3.63, 3.8) is 0 Å². The summed E-state index contributed by atoms with van der Waals surface area (Å²) in [5.41, 5.74) is 2.04. The number of aliphatic hydroxyl groups excluding tert-OH is 1. The molecule has 1 aromatic carbocycles. The van der Waals surface area contributed by atoms with E-state index in [0.29, 0.717) is 0 Å². The van der Waals surface area contributed by atoms with Gasteiger partial charge in [-0.3, -0.25) is 4.99 Å². The lowest BCUT2D eigenvalue weighted by Gasteiger charge is -2.05. The van der Waals surface area contributed by atoms with Gasteiger partial charge in [-0.1, -0.05) is 37.3 Å². The lowest BCUT2D eigenvalue weighted by atomic mass is 10.1. The van der Waals surface area contributed by atoms with Crippen LogP contribution in [0.15, 0.2) is 35.3 Å². The van der Waals surface area contributed by atoms with Gasteiger partial charge in [0.1, 0.15) is 6.23 Å². The largest absolute Gasteiger partial charge is 0.372 e. The molecular formula is C11H15NO. The van der Waals surface area contributed by atoms with Crippen LogP contribution in [0.4, 0.5) is 0 Å². The zero-order chi connectivity index (χ0) is 9.68. The lowest BCUT2D eigenvalue weighted by molar-refractivity contribution is 0.205. The first-order chi connectivity index (χ1) is 6.24. The van der Waals surface area contributed by atoms with E-state index < -0.39 is 6.23 Å². The van der Waals surface area contributed by atoms with Crippen LogP contribution in [-0.4, -0.2) is 17.0 Å². The zero-order valence-corrected chi connectivity index (χ0v) is 8.07. The summed E-state index contributed by atoms with van der Waals surface area (Å²) < 4.78 is 0. The van der Waals surface area contributed by atoms with E-state index in [1.54, 1.807) is 6.92 Å². The monoisotopic (exact) mass is 177 g/mol. The summed E-state index contributed by atoms with van der Waals surface area (Å²) in [6.07, 6.45) is 0.227. The number of rotatable bonds is 3. The maximum Gasteiger partial charge on any atom is 0.142 e. The van der Waals surface area contributed by atoms with Crippen LogP contribution in [0.3, 0.4) is 0 Å². The van der Waals surface area contributed by atoms with Gasteiger partial charge in [-0.15, -0.1) is 0 Å². The Kier molecular flexibility index (Phi) is 3.65. The normalized spacial score (nSPS) is 14.2. The minimum atomic E-state index is -0.616. The molecule has 0 fully saturated rings. The van der Waals surface area contributed by atoms with Gasteiger partial charge >= 0.3 is 0 Å². The second-order valence-corrected chi connectivity index (χ2v) is 2.93. The standard InChI is InChI=1S/C11H15NO/c1-3-11(12-9(2)13)10-7-5-4-6-8-10/h4-9,13H,3H2,1-2H3. The molecule has 13 heavy (non-hydrogen) atoms. The van der Waals surface area contributed by atoms with Crippen molar-refractivity contribution in [2.24, 2.45) is 4.99 Å². The van der Waals surface area contributed by atoms with Crippen molar-refractivity contribution in [3.8, 4) is 0 Å². The van der Waals surface area contributed by atoms with Crippen molar-refractivity contribution < 1.29 is 5.11 Å². The van der Waals surface area contributed by atoms with Gasteiger partial charge in [-0.25, -0.2) is 0 Å². The molecule has 0 amide bonds. The molecule has 0 aliphatic rings. The summed E-state index contributed by atoms with van der Waals surface area (Å²) in [6, 6.07) is 9.93. The molecule has 1 aromatic rings. The molecule has 1 N–H and O–H groups in total. The second-order valence-electron chi connectivity index (χ2n) is 2.93. The summed E-state index contributed by atoms with van der Waals surface area (Å²) in [5, 5.41) is 9.13. The highest BCUT2D eigenvalue weighted by atomic mass is 16.3. The summed E-state index contributed by atoms with van der Waals surface area (Å²) in [7, 11) is 0. The molecule has 2 heteroatoms. The molecule has 1 atom stereocenters. The van der Waals surface area contributed by atoms with Gasteiger partial charge < -0.3 is 5.11 Å². The van der Waals surface area contributed by atoms with E-state index in [2.05, 4.69) is 4.99 Å². The smallest absolute Gasteiger partial charge is 0.142 e. The van der Waals surface area contributed by atoms with E-state index in [1.807, 2.05) is 37.3 Å². The van der Waals surface area contributed by atoms with Crippen LogP contribution in [0, 0.1) is 0 Å². The topological polar surface area (TPSA) is 32.6 Å². The molecule has 2 nitrogen and oxygen atoms in total. The van der Waals surface area contributed by atoms with Crippen LogP contribution in [0.25, 0.3) is 0 Å². The number of hydrogen-bond donors (Lipinski definition) is 1. The summed E-state index contributed by atoms with van der Waals surface area (Å²) in [6.45, 7) is 3.70. The maximum atomic E-state index is 9.13. The minimum Gasteiger partial charge on any atom is -0.372 e. The number of benzene rings is 1. The van der Waals surface area contributed by atoms with E-state index in [0.717, 1.165) is 17.7 Å². The Balaban J connectivity index is 2.91. The van der Waals surface area contributed by atoms with Crippen LogP contribution in [-0.2, 0) is 0 Å². The Labute approximate surface area is 78.9 Å². The van der Waals surface area contributed by atoms with Gasteiger partial charge in [0.15, 0.2) is 0 Å². The summed E-state index contributed by atoms with van der Waals surface area (Å²) in [5.74, 6) is 0. The average Bonchev–Trinajstić information content (AvgIpc) is 2.15. The molecule has 0 aromatic heterocycles. The number of aliphatic hydroxyl groups is 1. The number of nitrogens with zero attached hydrogens (tertiary/aromatic N) is 1. The third kappa shape index (κ3) is 2.99. The van der Waals surface area contributed by atoms with Gasteiger partial charge in [0, 0.05) is 5.71 Å². The SMILES string of the molecule is CCC(=NC(C)O)c1ccccc1. The molecular weight excluding hydrogens is 162 g/mol. The fourth-order valence-corrected chi connectivity index (χ4v) is 1.23. The molecule has 0 radical (unpaired) electrons. The van der Waals surface area contributed by atoms with Gasteiger partial charge in [-0.2, -0.15) is 0 Å². The van der Waals surface area contributed by atoms with Crippen LogP contribution in [0.2, 0.25) is 0 Å². The first kappa shape index (κ1) is 9.93. The first-order valence-electron chi connectivity index (χ1n) is 4.54. The molecule has 1 rings (SSSR count). The molecule has 0 saturated heterocycles. The second kappa shape index (κ2) is 4.77. The third-order valence-electron chi connectivity index (χ3n) is 1.78. The average molecular weight is 177 g/mol. The van der Waals surface area contributed by atoms with Gasteiger partial charge in [0.25, 0.3) is 0 Å². The Morgan fingerprint density at radius 1 is 1.38 bits per heavy atom. The van der Waals surface area contributed by atoms with Gasteiger partial charge in [0.2, 0.25) is 0 Å². The Bertz CT molecular complexity index is 277. The lowest BCUT2D eigenvalue weighted by Crippen LogP contribution is -2.05. The highest BCUT2D eigenvalue weighted by molar-refractivity contribution is 6.00. The van der Waals surface area contributed by atoms with E-state index in [4.69, 9.17) is 5.11 Å². The Morgan fingerprint density at radius 3 is 2.46 bits per heavy atom. The molecule has 0 saturated carbocycles. The van der Waals surface area contributed by atoms with E-state index >= 15 is 0 Å². The molecule has 1 unspecified atom stereocenters. The van der Waals surface area contributed by atoms with Crippen molar-refractivity contribution in [2.45, 2.75) is 26.5 Å². The minimum absolute atomic E-state index is 0.616. The fraction of sp³-hybridized carbons (Fsp3) is 0.364. The number of aliphatic imine (C=N–C) groups is 1. The van der Waals surface area contributed by atoms with Crippen LogP contribution < -0.4 is 0 Å². The van der Waals surface area contributed by atoms with Crippen molar-refractivity contribution in [2.75, 3.05) is 0 Å². The molecule has 0 aliphatic heterocycles. The van der Waals surface area contributed by atoms with Crippen molar-refractivity contribution >= 4 is 5.71 Å². The van der Waals surface area contributed by atoms with E-state index in [-0.39, 0.29) is 0 Å². The maximum absolute atomic E-state index is 9.13. The van der Waals surface area contributed by atoms with E-state index in [1.165, 1.54) is 0 Å². The van der Waals surface area contributed by atoms with Gasteiger partial charge in [-0.05, 0) is 18.9 Å². The predicted octanol–water partition coefficient (Wildman–Crippen LogP) is 2.22. The molecule has 0 heterocycles. The number of hydrogen-bond acceptors (Lipinski definition) is 2. The van der Waals surface area contributed by atoms with Crippen LogP contribution >= 0.6 is 0 Å². The molecule has 0 spiro atoms. The van der Waals surface area contributed by atoms with Crippen molar-refractivity contribution in [3.05, 3.63) is 35.9 Å². The van der Waals surface area contributed by atoms with Crippen LogP contribution in [0.1, 0.15) is 25.8 Å². The quantitative estimate of drug-likeness (QED) is 0.705. The van der Waals surface area contributed by atoms with Crippen molar-refractivity contribution in [1.82, 2.24) is 0 Å². The fourth-order valence-electron chi connectivity index (χ4n) is 1.23. The molecule has 0 aliphatic carbocycles. The predicted molar refractivity (Wildman–Crippen MR) is 55.0 cm³/mol. The Hall–Kier alpha value is -1.15. The van der Waals surface area contributed by atoms with Crippen molar-refractivity contribution in [1.29, 1.82) is 0 Å². The highest BCUT2D eigenvalue weighted by Crippen LogP contribution is 2.05. The van der Waals surface area contributed by atoms with Crippen LogP contribution in [0.5, 0.6) is 0 Å². The molecule has 0 bridgehead atoms. The highest BCUT2D eigenvalue weighted by Gasteiger charge is 2.00. The zero-order valence-electron chi connectivity index (χ0n) is 8.07. The Morgan fingerprint density at radius 2 is 2.00 bits per heavy atom. The molecule has 70 valence electrons. The third-order valence-corrected chi connectivity index (χ3v) is 1.78. The summed E-state index contributed by atoms with van der Waals surface area (Å²) >= 11 is 0.